The molecule has 0 radical (unpaired) electrons. The number of amides is 2. The molecule has 2 aromatic carbocycles. The van der Waals surface area contributed by atoms with Crippen LogP contribution in [-0.4, -0.2) is 49.7 Å². The lowest BCUT2D eigenvalue weighted by Gasteiger charge is -2.38. The normalized spacial score (nSPS) is 16.2. The highest BCUT2D eigenvalue weighted by molar-refractivity contribution is 7.90. The lowest BCUT2D eigenvalue weighted by Crippen LogP contribution is -2.56. The number of fused-ring (bicyclic) bond motifs is 1. The first-order valence-corrected chi connectivity index (χ1v) is 12.5. The van der Waals surface area contributed by atoms with Crippen molar-refractivity contribution in [2.75, 3.05) is 11.6 Å². The van der Waals surface area contributed by atoms with Crippen LogP contribution in [-0.2, 0) is 36.2 Å². The van der Waals surface area contributed by atoms with E-state index in [1.54, 1.807) is 0 Å². The summed E-state index contributed by atoms with van der Waals surface area (Å²) in [6, 6.07) is 4.85. The van der Waals surface area contributed by atoms with Gasteiger partial charge in [0, 0.05) is 37.8 Å². The average molecular weight is 565 g/mol. The van der Waals surface area contributed by atoms with Gasteiger partial charge in [-0.15, -0.1) is 0 Å². The van der Waals surface area contributed by atoms with E-state index in [2.05, 4.69) is 5.32 Å². The van der Waals surface area contributed by atoms with Gasteiger partial charge in [0.15, 0.2) is 15.3 Å². The second-order valence-corrected chi connectivity index (χ2v) is 10.7. The number of anilines is 1. The topological polar surface area (TPSA) is 124 Å². The molecule has 0 spiro atoms. The maximum absolute atomic E-state index is 13.6. The van der Waals surface area contributed by atoms with Crippen molar-refractivity contribution in [3.05, 3.63) is 59.2 Å². The van der Waals surface area contributed by atoms with E-state index < -0.39 is 63.4 Å². The molecule has 1 atom stereocenters. The number of carboxylic acids is 1. The summed E-state index contributed by atoms with van der Waals surface area (Å²) in [5.41, 5.74) is -5.78. The van der Waals surface area contributed by atoms with Crippen LogP contribution < -0.4 is 10.4 Å². The Balaban J connectivity index is 1.97. The minimum atomic E-state index is -6.05. The second-order valence-electron chi connectivity index (χ2n) is 8.70. The van der Waals surface area contributed by atoms with Crippen LogP contribution in [0, 0.1) is 0 Å². The van der Waals surface area contributed by atoms with Gasteiger partial charge in [-0.1, -0.05) is 18.2 Å². The monoisotopic (exact) mass is 565 g/mol. The third-order valence-corrected chi connectivity index (χ3v) is 7.28. The smallest absolute Gasteiger partial charge is 0.407 e. The standard InChI is InChI=1S/C23H20F6N2O6S/c1-12(32)31-11-13-9-16(38(2,36)37)7-8-17(13)19(31)20(35)30-15-5-3-14(4-6-15)21(10-18(33)34,22(24,25)26)23(27,28)29/h3-9,19H,10-11H2,1-2H3,(H,30,35)(H,33,34)/p-1. The molecule has 0 bridgehead atoms. The minimum absolute atomic E-state index is 0.0502. The van der Waals surface area contributed by atoms with E-state index in [1.165, 1.54) is 18.2 Å². The van der Waals surface area contributed by atoms with E-state index in [1.807, 2.05) is 0 Å². The molecule has 15 heteroatoms. The molecule has 0 fully saturated rings. The van der Waals surface area contributed by atoms with Crippen LogP contribution in [0.3, 0.4) is 0 Å². The second kappa shape index (κ2) is 9.60. The Morgan fingerprint density at radius 3 is 2.00 bits per heavy atom. The number of sulfone groups is 1. The summed E-state index contributed by atoms with van der Waals surface area (Å²) in [7, 11) is -3.60. The molecule has 0 saturated heterocycles. The van der Waals surface area contributed by atoms with Crippen molar-refractivity contribution in [1.29, 1.82) is 0 Å². The lowest BCUT2D eigenvalue weighted by atomic mass is 9.76. The summed E-state index contributed by atoms with van der Waals surface area (Å²) >= 11 is 0. The van der Waals surface area contributed by atoms with Crippen LogP contribution in [0.25, 0.3) is 0 Å². The molecule has 0 aromatic heterocycles. The van der Waals surface area contributed by atoms with Crippen LogP contribution in [0.1, 0.15) is 36.1 Å². The van der Waals surface area contributed by atoms with Gasteiger partial charge in [-0.25, -0.2) is 8.42 Å². The maximum atomic E-state index is 13.6. The van der Waals surface area contributed by atoms with E-state index in [4.69, 9.17) is 0 Å². The SMILES string of the molecule is CC(=O)N1Cc2cc(S(C)(=O)=O)ccc2C1C(=O)Nc1ccc(C(CC(=O)[O-])(C(F)(F)F)C(F)(F)F)cc1. The molecule has 206 valence electrons. The number of nitrogens with zero attached hydrogens (tertiary/aromatic N) is 1. The summed E-state index contributed by atoms with van der Waals surface area (Å²) in [6.45, 7) is 1.04. The highest BCUT2D eigenvalue weighted by atomic mass is 32.2. The van der Waals surface area contributed by atoms with E-state index in [-0.39, 0.29) is 22.7 Å². The predicted octanol–water partition coefficient (Wildman–Crippen LogP) is 2.63. The Morgan fingerprint density at radius 1 is 1.00 bits per heavy atom. The lowest BCUT2D eigenvalue weighted by molar-refractivity contribution is -0.334. The molecule has 8 nitrogen and oxygen atoms in total. The van der Waals surface area contributed by atoms with Crippen LogP contribution in [0.5, 0.6) is 0 Å². The molecule has 0 saturated carbocycles. The quantitative estimate of drug-likeness (QED) is 0.538. The number of nitrogens with one attached hydrogen (secondary N) is 1. The number of carboxylic acid groups (broad SMARTS) is 1. The molecule has 2 amide bonds. The molecule has 1 unspecified atom stereocenters. The predicted molar refractivity (Wildman–Crippen MR) is 117 cm³/mol. The van der Waals surface area contributed by atoms with Crippen LogP contribution >= 0.6 is 0 Å². The van der Waals surface area contributed by atoms with Gasteiger partial charge in [0.05, 0.1) is 4.90 Å². The number of hydrogen-bond donors (Lipinski definition) is 1. The summed E-state index contributed by atoms with van der Waals surface area (Å²) in [5, 5.41) is 13.2. The van der Waals surface area contributed by atoms with Gasteiger partial charge in [-0.05, 0) is 41.0 Å². The van der Waals surface area contributed by atoms with Crippen LogP contribution in [0.2, 0.25) is 0 Å². The summed E-state index contributed by atoms with van der Waals surface area (Å²) < 4.78 is 106. The Hall–Kier alpha value is -3.62. The number of benzene rings is 2. The van der Waals surface area contributed by atoms with Gasteiger partial charge in [0.25, 0.3) is 5.91 Å². The van der Waals surface area contributed by atoms with Gasteiger partial charge >= 0.3 is 12.4 Å². The van der Waals surface area contributed by atoms with Gasteiger partial charge in [-0.3, -0.25) is 9.59 Å². The molecule has 1 aliphatic rings. The first kappa shape index (κ1) is 28.9. The number of aliphatic carboxylic acids is 1. The number of alkyl halides is 6. The van der Waals surface area contributed by atoms with E-state index in [0.717, 1.165) is 30.2 Å². The highest BCUT2D eigenvalue weighted by Gasteiger charge is 2.71. The van der Waals surface area contributed by atoms with Gasteiger partial charge in [0.1, 0.15) is 6.04 Å². The van der Waals surface area contributed by atoms with Crippen molar-refractivity contribution in [3.63, 3.8) is 0 Å². The summed E-state index contributed by atoms with van der Waals surface area (Å²) in [6.07, 6.45) is -13.5. The van der Waals surface area contributed by atoms with Crippen molar-refractivity contribution in [2.45, 2.75) is 48.6 Å². The maximum Gasteiger partial charge on any atom is 0.407 e. The first-order valence-electron chi connectivity index (χ1n) is 10.6. The van der Waals surface area contributed by atoms with E-state index in [0.29, 0.717) is 17.7 Å². The van der Waals surface area contributed by atoms with Crippen molar-refractivity contribution >= 4 is 33.3 Å². The number of carbonyl (C=O) groups is 3. The minimum Gasteiger partial charge on any atom is -0.550 e. The number of hydrogen-bond acceptors (Lipinski definition) is 6. The molecule has 1 N–H and O–H groups in total. The Bertz CT molecular complexity index is 1370. The molecular formula is C23H19F6N2O6S-. The Morgan fingerprint density at radius 2 is 1.55 bits per heavy atom. The molecule has 1 aliphatic heterocycles. The third kappa shape index (κ3) is 5.19. The fraction of sp³-hybridized carbons (Fsp3) is 0.348. The van der Waals surface area contributed by atoms with Crippen molar-refractivity contribution in [3.8, 4) is 0 Å². The zero-order chi connectivity index (χ0) is 28.8. The molecule has 38 heavy (non-hydrogen) atoms. The summed E-state index contributed by atoms with van der Waals surface area (Å²) in [5.74, 6) is -3.99. The Kier molecular flexibility index (Phi) is 7.31. The number of halogens is 6. The van der Waals surface area contributed by atoms with E-state index >= 15 is 0 Å². The fourth-order valence-corrected chi connectivity index (χ4v) is 4.96. The zero-order valence-corrected chi connectivity index (χ0v) is 20.4. The Labute approximate surface area is 212 Å². The van der Waals surface area contributed by atoms with Crippen LogP contribution in [0.4, 0.5) is 32.0 Å². The van der Waals surface area contributed by atoms with Crippen molar-refractivity contribution in [1.82, 2.24) is 4.90 Å². The van der Waals surface area contributed by atoms with Gasteiger partial charge in [-0.2, -0.15) is 26.3 Å². The fourth-order valence-electron chi connectivity index (χ4n) is 4.29. The van der Waals surface area contributed by atoms with Crippen molar-refractivity contribution in [2.24, 2.45) is 0 Å². The van der Waals surface area contributed by atoms with E-state index in [9.17, 15) is 54.3 Å². The highest BCUT2D eigenvalue weighted by Crippen LogP contribution is 2.54. The largest absolute Gasteiger partial charge is 0.550 e. The van der Waals surface area contributed by atoms with Gasteiger partial charge in [0.2, 0.25) is 5.91 Å². The zero-order valence-electron chi connectivity index (χ0n) is 19.6. The van der Waals surface area contributed by atoms with Gasteiger partial charge < -0.3 is 20.1 Å². The molecule has 0 aliphatic carbocycles. The molecule has 3 rings (SSSR count). The average Bonchev–Trinajstić information content (AvgIpc) is 3.15. The number of carbonyl (C=O) groups excluding carboxylic acids is 3. The molecule has 1 heterocycles. The number of rotatable bonds is 6. The molecular weight excluding hydrogens is 546 g/mol. The molecule has 2 aromatic rings. The van der Waals surface area contributed by atoms with Crippen LogP contribution in [0.15, 0.2) is 47.4 Å². The first-order chi connectivity index (χ1) is 17.3. The van der Waals surface area contributed by atoms with Crippen molar-refractivity contribution < 1.29 is 54.3 Å². The third-order valence-electron chi connectivity index (χ3n) is 6.16. The summed E-state index contributed by atoms with van der Waals surface area (Å²) in [4.78, 5) is 37.1.